The molecule has 0 atom stereocenters. The summed E-state index contributed by atoms with van der Waals surface area (Å²) in [7, 11) is 0. The molecule has 0 saturated heterocycles. The van der Waals surface area contributed by atoms with E-state index in [0.717, 1.165) is 10.2 Å². The van der Waals surface area contributed by atoms with Gasteiger partial charge in [0.05, 0.1) is 28.1 Å². The number of nitrogens with one attached hydrogen (secondary N) is 2. The van der Waals surface area contributed by atoms with Crippen molar-refractivity contribution in [2.45, 2.75) is 25.0 Å². The quantitative estimate of drug-likeness (QED) is 0.378. The number of amides is 2. The number of fused-ring (bicyclic) bond motifs is 1. The molecule has 2 N–H and O–H groups in total. The molecule has 4 aromatic rings. The van der Waals surface area contributed by atoms with E-state index in [9.17, 15) is 14.0 Å². The first kappa shape index (κ1) is 21.9. The van der Waals surface area contributed by atoms with Crippen LogP contribution in [0.3, 0.4) is 0 Å². The third kappa shape index (κ3) is 5.11. The molecule has 0 fully saturated rings. The lowest BCUT2D eigenvalue weighted by Gasteiger charge is -2.08. The average Bonchev–Trinajstić information content (AvgIpc) is 3.36. The van der Waals surface area contributed by atoms with Crippen molar-refractivity contribution in [2.24, 2.45) is 0 Å². The van der Waals surface area contributed by atoms with E-state index in [-0.39, 0.29) is 23.8 Å². The highest BCUT2D eigenvalue weighted by Crippen LogP contribution is 2.26. The van der Waals surface area contributed by atoms with E-state index in [1.165, 1.54) is 35.2 Å². The van der Waals surface area contributed by atoms with E-state index < -0.39 is 11.7 Å². The summed E-state index contributed by atoms with van der Waals surface area (Å²) < 4.78 is 16.5. The van der Waals surface area contributed by atoms with Crippen LogP contribution in [-0.2, 0) is 22.6 Å². The van der Waals surface area contributed by atoms with Crippen molar-refractivity contribution in [3.8, 4) is 0 Å². The monoisotopic (exact) mass is 470 g/mol. The number of aromatic nitrogens is 4. The van der Waals surface area contributed by atoms with Crippen LogP contribution in [0.25, 0.3) is 10.2 Å². The molecule has 0 radical (unpaired) electrons. The number of nitrogens with zero attached hydrogens (tertiary/aromatic N) is 4. The number of hydrogen-bond acceptors (Lipinski definition) is 7. The topological polar surface area (TPSA) is 102 Å². The molecule has 11 heteroatoms. The zero-order chi connectivity index (χ0) is 22.5. The zero-order valence-corrected chi connectivity index (χ0v) is 18.7. The highest BCUT2D eigenvalue weighted by molar-refractivity contribution is 7.99. The van der Waals surface area contributed by atoms with Gasteiger partial charge in [-0.3, -0.25) is 9.59 Å². The minimum absolute atomic E-state index is 0.0619. The van der Waals surface area contributed by atoms with Crippen LogP contribution in [0, 0.1) is 5.82 Å². The molecule has 0 bridgehead atoms. The van der Waals surface area contributed by atoms with Gasteiger partial charge in [-0.25, -0.2) is 9.37 Å². The first-order chi connectivity index (χ1) is 15.5. The van der Waals surface area contributed by atoms with Crippen LogP contribution in [0.15, 0.2) is 53.7 Å². The van der Waals surface area contributed by atoms with Gasteiger partial charge in [-0.2, -0.15) is 0 Å². The van der Waals surface area contributed by atoms with Crippen LogP contribution in [0.1, 0.15) is 12.7 Å². The molecule has 8 nitrogen and oxygen atoms in total. The predicted molar refractivity (Wildman–Crippen MR) is 123 cm³/mol. The van der Waals surface area contributed by atoms with Crippen LogP contribution in [0.4, 0.5) is 15.2 Å². The summed E-state index contributed by atoms with van der Waals surface area (Å²) in [5.74, 6) is -0.556. The molecule has 2 heterocycles. The minimum atomic E-state index is -0.506. The fraction of sp³-hybridized carbons (Fsp3) is 0.190. The largest absolute Gasteiger partial charge is 0.323 e. The van der Waals surface area contributed by atoms with Crippen LogP contribution >= 0.6 is 23.1 Å². The smallest absolute Gasteiger partial charge is 0.236 e. The molecule has 4 rings (SSSR count). The second-order valence-electron chi connectivity index (χ2n) is 6.67. The summed E-state index contributed by atoms with van der Waals surface area (Å²) in [4.78, 5) is 29.1. The molecule has 2 aromatic carbocycles. The van der Waals surface area contributed by atoms with Gasteiger partial charge in [-0.15, -0.1) is 10.2 Å². The molecule has 2 aromatic heterocycles. The number of anilines is 2. The molecule has 0 unspecified atom stereocenters. The first-order valence-electron chi connectivity index (χ1n) is 9.78. The van der Waals surface area contributed by atoms with Gasteiger partial charge in [-0.05, 0) is 31.2 Å². The maximum Gasteiger partial charge on any atom is 0.236 e. The highest BCUT2D eigenvalue weighted by atomic mass is 32.2. The summed E-state index contributed by atoms with van der Waals surface area (Å²) in [6, 6.07) is 13.6. The first-order valence-corrected chi connectivity index (χ1v) is 11.6. The maximum atomic E-state index is 13.7. The minimum Gasteiger partial charge on any atom is -0.323 e. The van der Waals surface area contributed by atoms with Crippen molar-refractivity contribution in [3.05, 3.63) is 60.2 Å². The Morgan fingerprint density at radius 3 is 2.62 bits per heavy atom. The number of carbonyl (C=O) groups is 2. The summed E-state index contributed by atoms with van der Waals surface area (Å²) in [6.45, 7) is 2.42. The Morgan fingerprint density at radius 2 is 1.84 bits per heavy atom. The summed E-state index contributed by atoms with van der Waals surface area (Å²) in [5, 5.41) is 14.6. The molecule has 0 spiro atoms. The van der Waals surface area contributed by atoms with Gasteiger partial charge in [0.1, 0.15) is 11.6 Å². The molecule has 2 amide bonds. The van der Waals surface area contributed by atoms with Crippen molar-refractivity contribution >= 4 is 55.9 Å². The number of hydrogen-bond donors (Lipinski definition) is 2. The summed E-state index contributed by atoms with van der Waals surface area (Å²) >= 11 is 2.63. The fourth-order valence-electron chi connectivity index (χ4n) is 2.99. The Bertz CT molecular complexity index is 1240. The number of halogens is 1. The van der Waals surface area contributed by atoms with Gasteiger partial charge < -0.3 is 15.2 Å². The van der Waals surface area contributed by atoms with E-state index in [1.807, 2.05) is 31.2 Å². The van der Waals surface area contributed by atoms with Crippen LogP contribution in [-0.4, -0.2) is 37.3 Å². The molecule has 0 saturated carbocycles. The van der Waals surface area contributed by atoms with Crippen molar-refractivity contribution in [3.63, 3.8) is 0 Å². The lowest BCUT2D eigenvalue weighted by atomic mass is 10.3. The second-order valence-corrected chi connectivity index (χ2v) is 8.64. The normalized spacial score (nSPS) is 10.9. The highest BCUT2D eigenvalue weighted by Gasteiger charge is 2.17. The number of thioether (sulfide) groups is 1. The van der Waals surface area contributed by atoms with E-state index in [4.69, 9.17) is 0 Å². The van der Waals surface area contributed by atoms with Crippen LogP contribution < -0.4 is 10.6 Å². The Hall–Kier alpha value is -3.31. The molecular weight excluding hydrogens is 451 g/mol. The Balaban J connectivity index is 1.35. The number of para-hydroxylation sites is 2. The van der Waals surface area contributed by atoms with Gasteiger partial charge in [0.2, 0.25) is 11.8 Å². The third-order valence-corrected chi connectivity index (χ3v) is 6.37. The molecule has 32 heavy (non-hydrogen) atoms. The van der Waals surface area contributed by atoms with Gasteiger partial charge >= 0.3 is 0 Å². The van der Waals surface area contributed by atoms with Gasteiger partial charge in [0.15, 0.2) is 10.3 Å². The average molecular weight is 471 g/mol. The zero-order valence-electron chi connectivity index (χ0n) is 17.0. The fourth-order valence-corrected chi connectivity index (χ4v) is 4.69. The number of benzene rings is 2. The van der Waals surface area contributed by atoms with Gasteiger partial charge in [0.25, 0.3) is 0 Å². The predicted octanol–water partition coefficient (Wildman–Crippen LogP) is 3.96. The van der Waals surface area contributed by atoms with Crippen LogP contribution in [0.2, 0.25) is 0 Å². The van der Waals surface area contributed by atoms with Gasteiger partial charge in [-0.1, -0.05) is 47.4 Å². The van der Waals surface area contributed by atoms with E-state index >= 15 is 0 Å². The molecule has 164 valence electrons. The Morgan fingerprint density at radius 1 is 1.06 bits per heavy atom. The molecule has 0 aliphatic carbocycles. The third-order valence-electron chi connectivity index (χ3n) is 4.45. The number of carbonyl (C=O) groups excluding carboxylic acids is 2. The summed E-state index contributed by atoms with van der Waals surface area (Å²) in [5.41, 5.74) is 0.950. The summed E-state index contributed by atoms with van der Waals surface area (Å²) in [6.07, 6.45) is -0.0619. The second kappa shape index (κ2) is 9.88. The van der Waals surface area contributed by atoms with E-state index in [2.05, 4.69) is 25.8 Å². The standard InChI is InChI=1S/C21H19FN6O2S2/c1-2-28-17(11-18(29)23-14-8-4-3-7-13(14)22)26-27-21(28)31-12-19(30)25-20-24-15-9-5-6-10-16(15)32-20/h3-10H,2,11-12H2,1H3,(H,23,29)(H,24,25,30). The van der Waals surface area contributed by atoms with E-state index in [1.54, 1.807) is 16.7 Å². The maximum absolute atomic E-state index is 13.7. The van der Waals surface area contributed by atoms with E-state index in [0.29, 0.717) is 22.7 Å². The Labute approximate surface area is 191 Å². The van der Waals surface area contributed by atoms with Crippen molar-refractivity contribution in [2.75, 3.05) is 16.4 Å². The molecular formula is C21H19FN6O2S2. The number of rotatable bonds is 8. The van der Waals surface area contributed by atoms with Crippen molar-refractivity contribution in [1.29, 1.82) is 0 Å². The van der Waals surface area contributed by atoms with Crippen molar-refractivity contribution < 1.29 is 14.0 Å². The number of thiazole rings is 1. The van der Waals surface area contributed by atoms with Crippen molar-refractivity contribution in [1.82, 2.24) is 19.7 Å². The molecule has 0 aliphatic heterocycles. The lowest BCUT2D eigenvalue weighted by Crippen LogP contribution is -2.18. The SMILES string of the molecule is CCn1c(CC(=O)Nc2ccccc2F)nnc1SCC(=O)Nc1nc2ccccc2s1. The Kier molecular flexibility index (Phi) is 6.76. The van der Waals surface area contributed by atoms with Crippen LogP contribution in [0.5, 0.6) is 0 Å². The molecule has 0 aliphatic rings. The lowest BCUT2D eigenvalue weighted by molar-refractivity contribution is -0.116. The van der Waals surface area contributed by atoms with Gasteiger partial charge in [0, 0.05) is 6.54 Å².